The molecular formula is C21H21NO5S3. The molecule has 2 aromatic rings. The van der Waals surface area contributed by atoms with Crippen LogP contribution in [0.3, 0.4) is 0 Å². The first-order valence-electron chi connectivity index (χ1n) is 9.36. The van der Waals surface area contributed by atoms with E-state index in [0.717, 1.165) is 16.9 Å². The summed E-state index contributed by atoms with van der Waals surface area (Å²) in [6.45, 7) is 0.478. The number of hydrogen-bond acceptors (Lipinski definition) is 6. The van der Waals surface area contributed by atoms with E-state index in [4.69, 9.17) is 21.7 Å². The second-order valence-corrected chi connectivity index (χ2v) is 9.78. The molecule has 6 nitrogen and oxygen atoms in total. The van der Waals surface area contributed by atoms with Crippen molar-refractivity contribution in [2.45, 2.75) is 30.6 Å². The average Bonchev–Trinajstić information content (AvgIpc) is 3.27. The van der Waals surface area contributed by atoms with Gasteiger partial charge in [0.25, 0.3) is 5.91 Å². The summed E-state index contributed by atoms with van der Waals surface area (Å²) < 4.78 is 18.0. The van der Waals surface area contributed by atoms with E-state index in [2.05, 4.69) is 0 Å². The summed E-state index contributed by atoms with van der Waals surface area (Å²) in [7, 11) is -1.08. The van der Waals surface area contributed by atoms with Gasteiger partial charge in [-0.15, -0.1) is 0 Å². The van der Waals surface area contributed by atoms with E-state index in [-0.39, 0.29) is 12.3 Å². The maximum Gasteiger partial charge on any atom is 0.303 e. The molecule has 1 saturated heterocycles. The first-order valence-corrected chi connectivity index (χ1v) is 12.1. The lowest BCUT2D eigenvalue weighted by atomic mass is 10.2. The molecule has 1 amide bonds. The number of nitrogens with zero attached hydrogens (tertiary/aromatic N) is 1. The summed E-state index contributed by atoms with van der Waals surface area (Å²) in [6.07, 6.45) is 5.45. The van der Waals surface area contributed by atoms with Crippen molar-refractivity contribution in [1.82, 2.24) is 4.90 Å². The van der Waals surface area contributed by atoms with Crippen LogP contribution in [0.4, 0.5) is 0 Å². The molecule has 2 heterocycles. The van der Waals surface area contributed by atoms with Crippen molar-refractivity contribution >= 4 is 57.1 Å². The Bertz CT molecular complexity index is 1030. The van der Waals surface area contributed by atoms with Gasteiger partial charge in [-0.2, -0.15) is 0 Å². The number of hydrogen-bond donors (Lipinski definition) is 1. The standard InChI is InChI=1S/C21H21NO5S3/c1-30(26)16-7-5-6-14(12-16)17-10-9-15(27-17)13-18-20(25)22(21(28)29-18)11-4-2-3-8-19(23)24/h5-7,9-10,12-13H,2-4,8,11H2,1H3,(H,23,24)/b18-13-. The molecule has 1 aromatic carbocycles. The maximum absolute atomic E-state index is 12.7. The topological polar surface area (TPSA) is 87.8 Å². The van der Waals surface area contributed by atoms with E-state index >= 15 is 0 Å². The minimum Gasteiger partial charge on any atom is -0.481 e. The molecule has 0 aliphatic carbocycles. The van der Waals surface area contributed by atoms with Crippen LogP contribution in [0.1, 0.15) is 31.4 Å². The number of unbranched alkanes of at least 4 members (excludes halogenated alkanes) is 2. The van der Waals surface area contributed by atoms with Crippen molar-refractivity contribution in [3.05, 3.63) is 47.1 Å². The Morgan fingerprint density at radius 3 is 2.80 bits per heavy atom. The van der Waals surface area contributed by atoms with Crippen LogP contribution in [-0.4, -0.2) is 43.2 Å². The van der Waals surface area contributed by atoms with Crippen LogP contribution in [0.5, 0.6) is 0 Å². The lowest BCUT2D eigenvalue weighted by Gasteiger charge is -2.13. The molecule has 1 fully saturated rings. The first-order chi connectivity index (χ1) is 14.3. The van der Waals surface area contributed by atoms with Gasteiger partial charge in [0.2, 0.25) is 0 Å². The number of furan rings is 1. The molecule has 1 aliphatic heterocycles. The van der Waals surface area contributed by atoms with Crippen molar-refractivity contribution in [2.75, 3.05) is 12.8 Å². The van der Waals surface area contributed by atoms with E-state index in [1.165, 1.54) is 11.8 Å². The molecule has 1 aromatic heterocycles. The van der Waals surface area contributed by atoms with Gasteiger partial charge in [0.1, 0.15) is 15.8 Å². The Hall–Kier alpha value is -2.23. The normalized spacial score (nSPS) is 16.4. The van der Waals surface area contributed by atoms with Crippen LogP contribution in [0.25, 0.3) is 17.4 Å². The number of carbonyl (C=O) groups is 2. The molecule has 0 bridgehead atoms. The molecular weight excluding hydrogens is 442 g/mol. The van der Waals surface area contributed by atoms with E-state index in [1.807, 2.05) is 24.3 Å². The van der Waals surface area contributed by atoms with Gasteiger partial charge in [-0.1, -0.05) is 42.5 Å². The number of thiocarbonyl (C=S) groups is 1. The third kappa shape index (κ3) is 5.68. The highest BCUT2D eigenvalue weighted by molar-refractivity contribution is 8.26. The summed E-state index contributed by atoms with van der Waals surface area (Å²) in [5.41, 5.74) is 0.816. The Labute approximate surface area is 186 Å². The molecule has 1 unspecified atom stereocenters. The number of amides is 1. The predicted molar refractivity (Wildman–Crippen MR) is 122 cm³/mol. The number of carboxylic acid groups (broad SMARTS) is 1. The van der Waals surface area contributed by atoms with Gasteiger partial charge in [-0.3, -0.25) is 18.7 Å². The van der Waals surface area contributed by atoms with Crippen LogP contribution < -0.4 is 0 Å². The molecule has 9 heteroatoms. The van der Waals surface area contributed by atoms with Gasteiger partial charge < -0.3 is 9.52 Å². The fraction of sp³-hybridized carbons (Fsp3) is 0.286. The van der Waals surface area contributed by atoms with Crippen molar-refractivity contribution in [3.63, 3.8) is 0 Å². The Balaban J connectivity index is 1.65. The molecule has 158 valence electrons. The zero-order valence-corrected chi connectivity index (χ0v) is 18.8. The molecule has 1 aliphatic rings. The Kier molecular flexibility index (Phi) is 7.63. The van der Waals surface area contributed by atoms with Gasteiger partial charge >= 0.3 is 5.97 Å². The molecule has 3 rings (SSSR count). The van der Waals surface area contributed by atoms with Gasteiger partial charge in [-0.05, 0) is 37.1 Å². The van der Waals surface area contributed by atoms with E-state index in [9.17, 15) is 13.8 Å². The summed E-state index contributed by atoms with van der Waals surface area (Å²) in [5, 5.41) is 8.68. The van der Waals surface area contributed by atoms with Crippen LogP contribution in [0, 0.1) is 0 Å². The summed E-state index contributed by atoms with van der Waals surface area (Å²) >= 11 is 6.56. The lowest BCUT2D eigenvalue weighted by molar-refractivity contribution is -0.137. The molecule has 1 atom stereocenters. The third-order valence-corrected chi connectivity index (χ3v) is 6.79. The highest BCUT2D eigenvalue weighted by Crippen LogP contribution is 2.34. The largest absolute Gasteiger partial charge is 0.481 e. The van der Waals surface area contributed by atoms with Crippen LogP contribution in [-0.2, 0) is 20.4 Å². The summed E-state index contributed by atoms with van der Waals surface area (Å²) in [5.74, 6) is 0.193. The highest BCUT2D eigenvalue weighted by Gasteiger charge is 2.31. The minimum atomic E-state index is -1.08. The maximum atomic E-state index is 12.7. The number of thioether (sulfide) groups is 1. The summed E-state index contributed by atoms with van der Waals surface area (Å²) in [4.78, 5) is 26.0. The lowest BCUT2D eigenvalue weighted by Crippen LogP contribution is -2.29. The molecule has 30 heavy (non-hydrogen) atoms. The fourth-order valence-corrected chi connectivity index (χ4v) is 4.81. The molecule has 0 radical (unpaired) electrons. The van der Waals surface area contributed by atoms with Gasteiger partial charge in [0.15, 0.2) is 0 Å². The number of carboxylic acids is 1. The van der Waals surface area contributed by atoms with Gasteiger partial charge in [-0.25, -0.2) is 0 Å². The number of benzene rings is 1. The fourth-order valence-electron chi connectivity index (χ4n) is 2.96. The molecule has 0 saturated carbocycles. The van der Waals surface area contributed by atoms with Crippen molar-refractivity contribution < 1.29 is 23.3 Å². The Morgan fingerprint density at radius 2 is 2.07 bits per heavy atom. The van der Waals surface area contributed by atoms with Crippen LogP contribution >= 0.6 is 24.0 Å². The van der Waals surface area contributed by atoms with E-state index in [1.54, 1.807) is 29.4 Å². The second kappa shape index (κ2) is 10.2. The average molecular weight is 464 g/mol. The number of aliphatic carboxylic acids is 1. The van der Waals surface area contributed by atoms with Gasteiger partial charge in [0.05, 0.1) is 4.91 Å². The predicted octanol–water partition coefficient (Wildman–Crippen LogP) is 4.53. The quantitative estimate of drug-likeness (QED) is 0.332. The van der Waals surface area contributed by atoms with Crippen molar-refractivity contribution in [2.24, 2.45) is 0 Å². The first kappa shape index (κ1) is 22.5. The zero-order valence-electron chi connectivity index (χ0n) is 16.3. The molecule has 1 N–H and O–H groups in total. The van der Waals surface area contributed by atoms with Crippen LogP contribution in [0.2, 0.25) is 0 Å². The zero-order chi connectivity index (χ0) is 21.7. The smallest absolute Gasteiger partial charge is 0.303 e. The second-order valence-electron chi connectivity index (χ2n) is 6.72. The van der Waals surface area contributed by atoms with E-state index < -0.39 is 16.8 Å². The SMILES string of the molecule is CS(=O)c1cccc(-c2ccc(/C=C3\SC(=S)N(CCCCCC(=O)O)C3=O)o2)c1. The van der Waals surface area contributed by atoms with Crippen molar-refractivity contribution in [3.8, 4) is 11.3 Å². The number of carbonyl (C=O) groups excluding carboxylic acids is 1. The van der Waals surface area contributed by atoms with Gasteiger partial charge in [0, 0.05) is 46.6 Å². The summed E-state index contributed by atoms with van der Waals surface area (Å²) in [6, 6.07) is 10.9. The molecule has 0 spiro atoms. The van der Waals surface area contributed by atoms with E-state index in [0.29, 0.717) is 40.1 Å². The van der Waals surface area contributed by atoms with Crippen LogP contribution in [0.15, 0.2) is 50.6 Å². The Morgan fingerprint density at radius 1 is 1.27 bits per heavy atom. The highest BCUT2D eigenvalue weighted by atomic mass is 32.2. The monoisotopic (exact) mass is 463 g/mol. The van der Waals surface area contributed by atoms with Crippen molar-refractivity contribution in [1.29, 1.82) is 0 Å². The third-order valence-electron chi connectivity index (χ3n) is 4.50. The number of rotatable bonds is 9. The minimum absolute atomic E-state index is 0.135.